The Labute approximate surface area is 176 Å². The molecule has 0 bridgehead atoms. The second-order valence-corrected chi connectivity index (χ2v) is 8.46. The number of carbonyl (C=O) groups excluding carboxylic acids is 1. The standard InChI is InChI=1S/C23H23F3N2O3/c1-23(10-29,11-30)28-22(31)14-6-13(7-14)19-17-8-16(25)9-18(26)21(17)27-20(19)12-2-4-15(24)5-3-12/h2-5,8-9,13-14,27,29-30H,6-7,10-11H2,1H3,(H,28,31)/t13-,14+. The number of aromatic amines is 1. The first kappa shape index (κ1) is 21.4. The van der Waals surface area contributed by atoms with E-state index in [2.05, 4.69) is 10.3 Å². The number of nitrogens with one attached hydrogen (secondary N) is 2. The molecule has 4 N–H and O–H groups in total. The molecule has 1 aliphatic rings. The van der Waals surface area contributed by atoms with Gasteiger partial charge >= 0.3 is 0 Å². The van der Waals surface area contributed by atoms with Crippen molar-refractivity contribution in [2.45, 2.75) is 31.2 Å². The van der Waals surface area contributed by atoms with Crippen molar-refractivity contribution in [2.24, 2.45) is 5.92 Å². The SMILES string of the molecule is CC(CO)(CO)NC(=O)[C@H]1C[C@@H](c2c(-c3ccc(F)cc3)[nH]c3c(F)cc(F)cc32)C1. The molecule has 0 spiro atoms. The molecule has 2 aromatic carbocycles. The summed E-state index contributed by atoms with van der Waals surface area (Å²) >= 11 is 0. The largest absolute Gasteiger partial charge is 0.394 e. The minimum atomic E-state index is -1.12. The molecule has 4 rings (SSSR count). The lowest BCUT2D eigenvalue weighted by Crippen LogP contribution is -2.54. The van der Waals surface area contributed by atoms with Gasteiger partial charge in [-0.1, -0.05) is 0 Å². The van der Waals surface area contributed by atoms with Crippen molar-refractivity contribution in [1.82, 2.24) is 10.3 Å². The van der Waals surface area contributed by atoms with E-state index in [1.165, 1.54) is 18.2 Å². The highest BCUT2D eigenvalue weighted by Crippen LogP contribution is 2.48. The van der Waals surface area contributed by atoms with Gasteiger partial charge in [-0.2, -0.15) is 0 Å². The van der Waals surface area contributed by atoms with Crippen LogP contribution >= 0.6 is 0 Å². The number of hydrogen-bond donors (Lipinski definition) is 4. The van der Waals surface area contributed by atoms with E-state index < -0.39 is 36.2 Å². The maximum Gasteiger partial charge on any atom is 0.223 e. The Balaban J connectivity index is 1.67. The molecule has 0 unspecified atom stereocenters. The van der Waals surface area contributed by atoms with Crippen molar-refractivity contribution in [1.29, 1.82) is 0 Å². The molecular formula is C23H23F3N2O3. The molecule has 1 aliphatic carbocycles. The van der Waals surface area contributed by atoms with Gasteiger partial charge in [0.2, 0.25) is 5.91 Å². The number of rotatable bonds is 6. The third kappa shape index (κ3) is 3.93. The molecule has 8 heteroatoms. The van der Waals surface area contributed by atoms with E-state index >= 15 is 0 Å². The number of aliphatic hydroxyl groups excluding tert-OH is 2. The first-order valence-electron chi connectivity index (χ1n) is 10.0. The molecule has 1 fully saturated rings. The Hall–Kier alpha value is -2.84. The lowest BCUT2D eigenvalue weighted by atomic mass is 9.69. The topological polar surface area (TPSA) is 85.3 Å². The molecule has 31 heavy (non-hydrogen) atoms. The normalized spacial score (nSPS) is 18.8. The molecule has 1 amide bonds. The van der Waals surface area contributed by atoms with Gasteiger partial charge in [-0.3, -0.25) is 4.79 Å². The fourth-order valence-electron chi connectivity index (χ4n) is 4.10. The fourth-order valence-corrected chi connectivity index (χ4v) is 4.10. The smallest absolute Gasteiger partial charge is 0.223 e. The highest BCUT2D eigenvalue weighted by Gasteiger charge is 2.40. The predicted octanol–water partition coefficient (Wildman–Crippen LogP) is 3.61. The zero-order valence-electron chi connectivity index (χ0n) is 16.9. The van der Waals surface area contributed by atoms with Crippen LogP contribution in [0.5, 0.6) is 0 Å². The van der Waals surface area contributed by atoms with Crippen LogP contribution in [0.4, 0.5) is 13.2 Å². The number of benzene rings is 2. The summed E-state index contributed by atoms with van der Waals surface area (Å²) in [5, 5.41) is 21.8. The number of H-pyrrole nitrogens is 1. The average Bonchev–Trinajstić information content (AvgIpc) is 3.07. The molecule has 0 aliphatic heterocycles. The highest BCUT2D eigenvalue weighted by molar-refractivity contribution is 5.92. The number of fused-ring (bicyclic) bond motifs is 1. The minimum Gasteiger partial charge on any atom is -0.394 e. The van der Waals surface area contributed by atoms with Gasteiger partial charge in [0.05, 0.1) is 30.0 Å². The third-order valence-electron chi connectivity index (χ3n) is 6.04. The van der Waals surface area contributed by atoms with Gasteiger partial charge in [-0.05, 0) is 67.1 Å². The van der Waals surface area contributed by atoms with Crippen LogP contribution in [-0.4, -0.2) is 39.9 Å². The van der Waals surface area contributed by atoms with Gasteiger partial charge in [0.25, 0.3) is 0 Å². The number of carbonyl (C=O) groups is 1. The van der Waals surface area contributed by atoms with E-state index in [0.717, 1.165) is 6.07 Å². The molecule has 3 aromatic rings. The Morgan fingerprint density at radius 2 is 1.74 bits per heavy atom. The molecule has 0 atom stereocenters. The summed E-state index contributed by atoms with van der Waals surface area (Å²) < 4.78 is 41.8. The molecule has 164 valence electrons. The van der Waals surface area contributed by atoms with E-state index in [0.29, 0.717) is 35.0 Å². The van der Waals surface area contributed by atoms with Crippen LogP contribution in [-0.2, 0) is 4.79 Å². The van der Waals surface area contributed by atoms with Gasteiger partial charge in [-0.15, -0.1) is 0 Å². The molecule has 1 saturated carbocycles. The molecule has 1 aromatic heterocycles. The third-order valence-corrected chi connectivity index (χ3v) is 6.04. The van der Waals surface area contributed by atoms with Gasteiger partial charge in [0.1, 0.15) is 17.5 Å². The van der Waals surface area contributed by atoms with Gasteiger partial charge < -0.3 is 20.5 Å². The van der Waals surface area contributed by atoms with E-state index in [1.54, 1.807) is 19.1 Å². The highest BCUT2D eigenvalue weighted by atomic mass is 19.1. The minimum absolute atomic E-state index is 0.139. The van der Waals surface area contributed by atoms with Crippen LogP contribution in [0, 0.1) is 23.4 Å². The van der Waals surface area contributed by atoms with Crippen molar-refractivity contribution < 1.29 is 28.2 Å². The Morgan fingerprint density at radius 1 is 1.10 bits per heavy atom. The zero-order chi connectivity index (χ0) is 22.3. The summed E-state index contributed by atoms with van der Waals surface area (Å²) in [7, 11) is 0. The molecular weight excluding hydrogens is 409 g/mol. The van der Waals surface area contributed by atoms with E-state index in [4.69, 9.17) is 0 Å². The van der Waals surface area contributed by atoms with E-state index in [9.17, 15) is 28.2 Å². The van der Waals surface area contributed by atoms with Gasteiger partial charge in [0.15, 0.2) is 0 Å². The van der Waals surface area contributed by atoms with Gasteiger partial charge in [-0.25, -0.2) is 13.2 Å². The number of halogens is 3. The molecule has 1 heterocycles. The van der Waals surface area contributed by atoms with Crippen molar-refractivity contribution >= 4 is 16.8 Å². The zero-order valence-corrected chi connectivity index (χ0v) is 16.9. The van der Waals surface area contributed by atoms with Crippen LogP contribution < -0.4 is 5.32 Å². The summed E-state index contributed by atoms with van der Waals surface area (Å²) in [6, 6.07) is 7.79. The van der Waals surface area contributed by atoms with Crippen molar-refractivity contribution in [2.75, 3.05) is 13.2 Å². The summed E-state index contributed by atoms with van der Waals surface area (Å²) in [4.78, 5) is 15.5. The van der Waals surface area contributed by atoms with Crippen LogP contribution in [0.1, 0.15) is 31.2 Å². The summed E-state index contributed by atoms with van der Waals surface area (Å²) in [6.45, 7) is 0.737. The first-order valence-corrected chi connectivity index (χ1v) is 10.0. The van der Waals surface area contributed by atoms with Crippen LogP contribution in [0.15, 0.2) is 36.4 Å². The maximum absolute atomic E-state index is 14.4. The maximum atomic E-state index is 14.4. The summed E-state index contributed by atoms with van der Waals surface area (Å²) in [5.74, 6) is -2.62. The van der Waals surface area contributed by atoms with Gasteiger partial charge in [0, 0.05) is 17.4 Å². The predicted molar refractivity (Wildman–Crippen MR) is 110 cm³/mol. The lowest BCUT2D eigenvalue weighted by molar-refractivity contribution is -0.131. The summed E-state index contributed by atoms with van der Waals surface area (Å²) in [5.41, 5.74) is 0.939. The van der Waals surface area contributed by atoms with Crippen LogP contribution in [0.25, 0.3) is 22.2 Å². The number of aliphatic hydroxyl groups is 2. The lowest BCUT2D eigenvalue weighted by Gasteiger charge is -2.37. The van der Waals surface area contributed by atoms with Crippen molar-refractivity contribution in [3.63, 3.8) is 0 Å². The number of hydrogen-bond acceptors (Lipinski definition) is 3. The first-order chi connectivity index (χ1) is 14.7. The Bertz CT molecular complexity index is 1120. The van der Waals surface area contributed by atoms with E-state index in [-0.39, 0.29) is 23.3 Å². The number of amides is 1. The Kier molecular flexibility index (Phi) is 5.53. The summed E-state index contributed by atoms with van der Waals surface area (Å²) in [6.07, 6.45) is 0.885. The Morgan fingerprint density at radius 3 is 2.35 bits per heavy atom. The van der Waals surface area contributed by atoms with Crippen LogP contribution in [0.3, 0.4) is 0 Å². The van der Waals surface area contributed by atoms with E-state index in [1.807, 2.05) is 0 Å². The van der Waals surface area contributed by atoms with Crippen molar-refractivity contribution in [3.05, 3.63) is 59.4 Å². The van der Waals surface area contributed by atoms with Crippen LogP contribution in [0.2, 0.25) is 0 Å². The second-order valence-electron chi connectivity index (χ2n) is 8.46. The van der Waals surface area contributed by atoms with Crippen molar-refractivity contribution in [3.8, 4) is 11.3 Å². The molecule has 5 nitrogen and oxygen atoms in total. The number of aromatic nitrogens is 1. The molecule has 0 saturated heterocycles. The fraction of sp³-hybridized carbons (Fsp3) is 0.348. The monoisotopic (exact) mass is 432 g/mol. The molecule has 0 radical (unpaired) electrons. The second kappa shape index (κ2) is 8.01. The quantitative estimate of drug-likeness (QED) is 0.480. The average molecular weight is 432 g/mol.